The monoisotopic (exact) mass is 240 g/mol. The molecule has 1 aromatic carbocycles. The molecule has 0 aliphatic carbocycles. The highest BCUT2D eigenvalue weighted by molar-refractivity contribution is 9.10. The number of aldehydes is 1. The van der Waals surface area contributed by atoms with Gasteiger partial charge in [-0.15, -0.1) is 0 Å². The molecular weight excluding hydrogens is 232 g/mol. The van der Waals surface area contributed by atoms with Crippen LogP contribution in [-0.2, 0) is 4.79 Å². The molecule has 0 aromatic heterocycles. The Balaban J connectivity index is 3.29. The lowest BCUT2D eigenvalue weighted by Crippen LogP contribution is -2.06. The quantitative estimate of drug-likeness (QED) is 0.486. The Morgan fingerprint density at radius 1 is 1.62 bits per heavy atom. The van der Waals surface area contributed by atoms with Gasteiger partial charge in [0.1, 0.15) is 5.71 Å². The predicted octanol–water partition coefficient (Wildman–Crippen LogP) is 1.65. The van der Waals surface area contributed by atoms with Gasteiger partial charge >= 0.3 is 0 Å². The molecular formula is C9H9BrN2O. The molecule has 0 aliphatic rings. The number of nitrogens with two attached hydrogens (primary N) is 1. The van der Waals surface area contributed by atoms with E-state index in [1.807, 2.05) is 12.1 Å². The molecule has 4 heteroatoms. The van der Waals surface area contributed by atoms with Crippen molar-refractivity contribution in [2.24, 2.45) is 4.99 Å². The fraction of sp³-hybridized carbons (Fsp3) is 0.111. The van der Waals surface area contributed by atoms with Crippen molar-refractivity contribution in [1.82, 2.24) is 0 Å². The van der Waals surface area contributed by atoms with Crippen LogP contribution in [0.25, 0.3) is 0 Å². The van der Waals surface area contributed by atoms with E-state index in [0.29, 0.717) is 23.2 Å². The van der Waals surface area contributed by atoms with Gasteiger partial charge in [0.05, 0.1) is 5.69 Å². The van der Waals surface area contributed by atoms with Gasteiger partial charge in [-0.25, -0.2) is 0 Å². The zero-order valence-electron chi connectivity index (χ0n) is 7.12. The smallest absolute Gasteiger partial charge is 0.168 e. The molecule has 1 rings (SSSR count). The number of hydrogen-bond acceptors (Lipinski definition) is 3. The molecule has 0 atom stereocenters. The number of para-hydroxylation sites is 1. The van der Waals surface area contributed by atoms with Gasteiger partial charge in [0.15, 0.2) is 6.29 Å². The third-order valence-corrected chi connectivity index (χ3v) is 2.37. The Morgan fingerprint density at radius 3 is 2.85 bits per heavy atom. The first-order valence-corrected chi connectivity index (χ1v) is 4.46. The van der Waals surface area contributed by atoms with Crippen LogP contribution in [0.3, 0.4) is 0 Å². The Labute approximate surface area is 84.8 Å². The number of carbonyl (C=O) groups is 1. The van der Waals surface area contributed by atoms with Gasteiger partial charge in [-0.05, 0) is 22.0 Å². The van der Waals surface area contributed by atoms with E-state index in [9.17, 15) is 4.79 Å². The molecule has 0 saturated carbocycles. The number of carbonyl (C=O) groups excluding carboxylic acids is 1. The van der Waals surface area contributed by atoms with E-state index >= 15 is 0 Å². The second kappa shape index (κ2) is 4.18. The summed E-state index contributed by atoms with van der Waals surface area (Å²) in [5, 5.41) is 0. The SMILES string of the molecule is CN=C(C=O)c1cccc(Br)c1N. The number of benzene rings is 1. The number of hydrogen-bond donors (Lipinski definition) is 1. The van der Waals surface area contributed by atoms with Crippen molar-refractivity contribution in [3.63, 3.8) is 0 Å². The molecule has 0 fully saturated rings. The van der Waals surface area contributed by atoms with Gasteiger partial charge in [-0.2, -0.15) is 0 Å². The van der Waals surface area contributed by atoms with Gasteiger partial charge in [0, 0.05) is 17.1 Å². The van der Waals surface area contributed by atoms with Crippen LogP contribution in [0.2, 0.25) is 0 Å². The van der Waals surface area contributed by atoms with E-state index in [1.54, 1.807) is 13.1 Å². The highest BCUT2D eigenvalue weighted by atomic mass is 79.9. The fourth-order valence-electron chi connectivity index (χ4n) is 0.997. The number of aliphatic imine (C=N–C) groups is 1. The summed E-state index contributed by atoms with van der Waals surface area (Å²) in [4.78, 5) is 14.4. The minimum atomic E-state index is 0.360. The average Bonchev–Trinajstić information content (AvgIpc) is 2.14. The lowest BCUT2D eigenvalue weighted by atomic mass is 10.1. The predicted molar refractivity (Wildman–Crippen MR) is 57.1 cm³/mol. The summed E-state index contributed by atoms with van der Waals surface area (Å²) in [5.74, 6) is 0. The standard InChI is InChI=1S/C9H9BrN2O/c1-12-8(5-13)6-3-2-4-7(10)9(6)11/h2-5H,11H2,1H3. The van der Waals surface area contributed by atoms with Crippen molar-refractivity contribution in [3.05, 3.63) is 28.2 Å². The van der Waals surface area contributed by atoms with Crippen LogP contribution < -0.4 is 5.73 Å². The Hall–Kier alpha value is -1.16. The van der Waals surface area contributed by atoms with Crippen LogP contribution in [0.15, 0.2) is 27.7 Å². The van der Waals surface area contributed by atoms with Gasteiger partial charge < -0.3 is 5.73 Å². The third-order valence-electron chi connectivity index (χ3n) is 1.68. The molecule has 0 amide bonds. The molecule has 1 aromatic rings. The molecule has 68 valence electrons. The molecule has 0 radical (unpaired) electrons. The van der Waals surface area contributed by atoms with Gasteiger partial charge in [-0.3, -0.25) is 9.79 Å². The zero-order chi connectivity index (χ0) is 9.84. The molecule has 3 nitrogen and oxygen atoms in total. The van der Waals surface area contributed by atoms with Crippen molar-refractivity contribution in [3.8, 4) is 0 Å². The molecule has 2 N–H and O–H groups in total. The molecule has 0 heterocycles. The normalized spacial score (nSPS) is 11.4. The van der Waals surface area contributed by atoms with E-state index in [-0.39, 0.29) is 0 Å². The molecule has 0 saturated heterocycles. The van der Waals surface area contributed by atoms with Crippen molar-refractivity contribution in [2.75, 3.05) is 12.8 Å². The van der Waals surface area contributed by atoms with Gasteiger partial charge in [0.2, 0.25) is 0 Å². The van der Waals surface area contributed by atoms with E-state index in [4.69, 9.17) is 5.73 Å². The number of halogens is 1. The summed E-state index contributed by atoms with van der Waals surface area (Å²) in [7, 11) is 1.56. The van der Waals surface area contributed by atoms with Crippen molar-refractivity contribution in [2.45, 2.75) is 0 Å². The topological polar surface area (TPSA) is 55.5 Å². The average molecular weight is 241 g/mol. The second-order valence-corrected chi connectivity index (χ2v) is 3.28. The minimum absolute atomic E-state index is 0.360. The highest BCUT2D eigenvalue weighted by Gasteiger charge is 2.07. The maximum absolute atomic E-state index is 10.6. The Kier molecular flexibility index (Phi) is 3.19. The third kappa shape index (κ3) is 1.95. The summed E-state index contributed by atoms with van der Waals surface area (Å²) in [5.41, 5.74) is 7.30. The molecule has 0 bridgehead atoms. The molecule has 0 unspecified atom stereocenters. The Morgan fingerprint density at radius 2 is 2.31 bits per heavy atom. The number of rotatable bonds is 2. The molecule has 0 spiro atoms. The van der Waals surface area contributed by atoms with E-state index < -0.39 is 0 Å². The Bertz CT molecular complexity index is 361. The van der Waals surface area contributed by atoms with E-state index in [0.717, 1.165) is 4.47 Å². The number of nitrogen functional groups attached to an aromatic ring is 1. The van der Waals surface area contributed by atoms with Crippen molar-refractivity contribution in [1.29, 1.82) is 0 Å². The first-order chi connectivity index (χ1) is 6.20. The lowest BCUT2D eigenvalue weighted by Gasteiger charge is -2.04. The highest BCUT2D eigenvalue weighted by Crippen LogP contribution is 2.23. The summed E-state index contributed by atoms with van der Waals surface area (Å²) in [6.07, 6.45) is 0.693. The maximum atomic E-state index is 10.6. The van der Waals surface area contributed by atoms with Crippen LogP contribution in [0.4, 0.5) is 5.69 Å². The van der Waals surface area contributed by atoms with Gasteiger partial charge in [0.25, 0.3) is 0 Å². The maximum Gasteiger partial charge on any atom is 0.168 e. The minimum Gasteiger partial charge on any atom is -0.397 e. The second-order valence-electron chi connectivity index (χ2n) is 2.43. The number of nitrogens with zero attached hydrogens (tertiary/aromatic N) is 1. The fourth-order valence-corrected chi connectivity index (χ4v) is 1.36. The van der Waals surface area contributed by atoms with Crippen molar-refractivity contribution < 1.29 is 4.79 Å². The first kappa shape index (κ1) is 9.92. The molecule has 13 heavy (non-hydrogen) atoms. The zero-order valence-corrected chi connectivity index (χ0v) is 8.71. The van der Waals surface area contributed by atoms with Crippen LogP contribution in [-0.4, -0.2) is 19.0 Å². The van der Waals surface area contributed by atoms with Gasteiger partial charge in [-0.1, -0.05) is 12.1 Å². The van der Waals surface area contributed by atoms with Crippen LogP contribution >= 0.6 is 15.9 Å². The van der Waals surface area contributed by atoms with Crippen LogP contribution in [0, 0.1) is 0 Å². The summed E-state index contributed by atoms with van der Waals surface area (Å²) in [6, 6.07) is 5.39. The van der Waals surface area contributed by atoms with E-state index in [1.165, 1.54) is 0 Å². The summed E-state index contributed by atoms with van der Waals surface area (Å²) in [6.45, 7) is 0. The van der Waals surface area contributed by atoms with Crippen LogP contribution in [0.5, 0.6) is 0 Å². The van der Waals surface area contributed by atoms with Crippen molar-refractivity contribution >= 4 is 33.6 Å². The first-order valence-electron chi connectivity index (χ1n) is 3.67. The summed E-state index contributed by atoms with van der Waals surface area (Å²) < 4.78 is 0.771. The largest absolute Gasteiger partial charge is 0.397 e. The lowest BCUT2D eigenvalue weighted by molar-refractivity contribution is -0.102. The number of anilines is 1. The van der Waals surface area contributed by atoms with Crippen LogP contribution in [0.1, 0.15) is 5.56 Å². The molecule has 0 aliphatic heterocycles. The summed E-state index contributed by atoms with van der Waals surface area (Å²) >= 11 is 3.28. The van der Waals surface area contributed by atoms with E-state index in [2.05, 4.69) is 20.9 Å².